The van der Waals surface area contributed by atoms with Crippen LogP contribution in [0.3, 0.4) is 0 Å². The largest absolute Gasteiger partial charge is 0.467 e. The Hall–Kier alpha value is -4.05. The molecule has 3 saturated carbocycles. The lowest BCUT2D eigenvalue weighted by Crippen LogP contribution is -2.65. The maximum Gasteiger partial charge on any atom is 0.410 e. The molecule has 3 heterocycles. The minimum absolute atomic E-state index is 0.0211. The summed E-state index contributed by atoms with van der Waals surface area (Å²) in [5.41, 5.74) is 12.9. The first kappa shape index (κ1) is 43.2. The summed E-state index contributed by atoms with van der Waals surface area (Å²) in [4.78, 5) is 32.3. The molecule has 1 unspecified atom stereocenters. The van der Waals surface area contributed by atoms with Crippen LogP contribution in [0.1, 0.15) is 149 Å². The van der Waals surface area contributed by atoms with Crippen molar-refractivity contribution in [2.75, 3.05) is 31.9 Å². The van der Waals surface area contributed by atoms with Crippen molar-refractivity contribution in [1.82, 2.24) is 20.0 Å². The normalized spacial score (nSPS) is 34.0. The molecule has 5 aliphatic carbocycles. The van der Waals surface area contributed by atoms with Gasteiger partial charge >= 0.3 is 12.1 Å². The Kier molecular flexibility index (Phi) is 10.3. The number of benzene rings is 1. The average Bonchev–Trinajstić information content (AvgIpc) is 3.82. The van der Waals surface area contributed by atoms with Gasteiger partial charge in [-0.05, 0) is 135 Å². The van der Waals surface area contributed by atoms with Gasteiger partial charge in [0.25, 0.3) is 0 Å². The molecular formula is C52H73N5O5. The van der Waals surface area contributed by atoms with Crippen LogP contribution in [0.4, 0.5) is 10.6 Å². The number of allylic oxidation sites excluding steroid dienone is 2. The van der Waals surface area contributed by atoms with Gasteiger partial charge in [0.2, 0.25) is 0 Å². The topological polar surface area (TPSA) is 127 Å². The number of furan rings is 1. The van der Waals surface area contributed by atoms with E-state index in [1.807, 2.05) is 50.1 Å². The standard InChI is InChI=1S/C52H73N5O5/c1-46(2,3)62-45(59)57-25-23-56(24-26-57)31-38-34(17-27-60-38)35-28-40-49(8)29-36-42(54-55-43(36)53)48(6,7)39(49)16-18-50(40,9)51(10)20-22-52(21-19-47(4,5)30-37(52)41(35)51)44(58)61-32-33-14-12-11-13-15-33/h11-15,17,27,37,39-40H,16,18-26,28-32H2,1-10H3,(H3,53,54,55)/t37-,39-,40?,49-,50+,51+,52-/m0/s1. The lowest BCUT2D eigenvalue weighted by molar-refractivity contribution is -0.181. The van der Waals surface area contributed by atoms with E-state index in [0.29, 0.717) is 43.9 Å². The number of nitrogens with two attached hydrogens (primary N) is 1. The summed E-state index contributed by atoms with van der Waals surface area (Å²) in [5, 5.41) is 8.00. The lowest BCUT2D eigenvalue weighted by atomic mass is 9.32. The van der Waals surface area contributed by atoms with Crippen LogP contribution < -0.4 is 5.73 Å². The Morgan fingerprint density at radius 3 is 2.34 bits per heavy atom. The number of nitrogens with zero attached hydrogens (tertiary/aromatic N) is 3. The van der Waals surface area contributed by atoms with Crippen LogP contribution >= 0.6 is 0 Å². The number of H-pyrrole nitrogens is 1. The van der Waals surface area contributed by atoms with E-state index in [4.69, 9.17) is 19.6 Å². The molecule has 10 heteroatoms. The molecule has 6 aliphatic rings. The van der Waals surface area contributed by atoms with Gasteiger partial charge in [-0.2, -0.15) is 5.10 Å². The molecule has 2 aromatic heterocycles. The number of aromatic amines is 1. The van der Waals surface area contributed by atoms with Crippen molar-refractivity contribution in [2.24, 2.45) is 44.8 Å². The molecule has 10 nitrogen and oxygen atoms in total. The van der Waals surface area contributed by atoms with E-state index in [1.54, 1.807) is 0 Å². The zero-order valence-electron chi connectivity index (χ0n) is 39.3. The average molecular weight is 848 g/mol. The number of rotatable bonds is 6. The van der Waals surface area contributed by atoms with Crippen molar-refractivity contribution in [1.29, 1.82) is 0 Å². The number of carbonyl (C=O) groups is 2. The number of amides is 1. The molecular weight excluding hydrogens is 775 g/mol. The summed E-state index contributed by atoms with van der Waals surface area (Å²) in [7, 11) is 0. The highest BCUT2D eigenvalue weighted by molar-refractivity contribution is 5.82. The Bertz CT molecular complexity index is 2240. The number of carbonyl (C=O) groups excluding carboxylic acids is 2. The summed E-state index contributed by atoms with van der Waals surface area (Å²) >= 11 is 0. The van der Waals surface area contributed by atoms with Crippen molar-refractivity contribution in [2.45, 2.75) is 151 Å². The van der Waals surface area contributed by atoms with Gasteiger partial charge in [0.1, 0.15) is 23.8 Å². The third-order valence-electron chi connectivity index (χ3n) is 18.0. The van der Waals surface area contributed by atoms with E-state index in [2.05, 4.69) is 81.8 Å². The zero-order valence-corrected chi connectivity index (χ0v) is 39.3. The molecule has 1 aromatic carbocycles. The fraction of sp³-hybridized carbons (Fsp3) is 0.673. The van der Waals surface area contributed by atoms with Gasteiger partial charge in [-0.3, -0.25) is 14.8 Å². The molecule has 0 spiro atoms. The summed E-state index contributed by atoms with van der Waals surface area (Å²) in [6.07, 6.45) is 10.3. The highest BCUT2D eigenvalue weighted by Gasteiger charge is 2.70. The maximum atomic E-state index is 15.1. The number of fused-ring (bicyclic) bond motifs is 8. The first-order valence-electron chi connectivity index (χ1n) is 23.7. The molecule has 0 radical (unpaired) electrons. The summed E-state index contributed by atoms with van der Waals surface area (Å²) in [6.45, 7) is 26.9. The third kappa shape index (κ3) is 6.77. The molecule has 1 saturated heterocycles. The Morgan fingerprint density at radius 2 is 1.63 bits per heavy atom. The number of nitrogen functional groups attached to an aromatic ring is 1. The molecule has 62 heavy (non-hydrogen) atoms. The van der Waals surface area contributed by atoms with Gasteiger partial charge < -0.3 is 24.5 Å². The zero-order chi connectivity index (χ0) is 44.3. The number of nitrogens with one attached hydrogen (secondary N) is 1. The van der Waals surface area contributed by atoms with Crippen LogP contribution in [-0.4, -0.2) is 63.8 Å². The molecule has 3 N–H and O–H groups in total. The minimum atomic E-state index is -0.594. The molecule has 336 valence electrons. The van der Waals surface area contributed by atoms with Crippen molar-refractivity contribution >= 4 is 23.5 Å². The van der Waals surface area contributed by atoms with Crippen molar-refractivity contribution < 1.29 is 23.5 Å². The van der Waals surface area contributed by atoms with Crippen LogP contribution in [0, 0.1) is 44.8 Å². The molecule has 3 aromatic rings. The van der Waals surface area contributed by atoms with E-state index < -0.39 is 11.0 Å². The summed E-state index contributed by atoms with van der Waals surface area (Å²) < 4.78 is 18.8. The van der Waals surface area contributed by atoms with Crippen LogP contribution in [0.15, 0.2) is 52.7 Å². The Morgan fingerprint density at radius 1 is 0.919 bits per heavy atom. The predicted molar refractivity (Wildman–Crippen MR) is 243 cm³/mol. The molecule has 1 aliphatic heterocycles. The lowest BCUT2D eigenvalue weighted by Gasteiger charge is -2.71. The van der Waals surface area contributed by atoms with E-state index in [0.717, 1.165) is 82.2 Å². The number of hydrogen-bond donors (Lipinski definition) is 2. The number of hydrogen-bond acceptors (Lipinski definition) is 8. The quantitative estimate of drug-likeness (QED) is 0.235. The van der Waals surface area contributed by atoms with Crippen LogP contribution in [0.5, 0.6) is 0 Å². The van der Waals surface area contributed by atoms with Gasteiger partial charge in [0, 0.05) is 48.4 Å². The molecule has 7 atom stereocenters. The van der Waals surface area contributed by atoms with Crippen LogP contribution in [-0.2, 0) is 39.3 Å². The Labute approximate surface area is 370 Å². The first-order valence-corrected chi connectivity index (χ1v) is 23.7. The third-order valence-corrected chi connectivity index (χ3v) is 18.0. The van der Waals surface area contributed by atoms with E-state index >= 15 is 4.79 Å². The second-order valence-corrected chi connectivity index (χ2v) is 23.5. The second kappa shape index (κ2) is 14.7. The van der Waals surface area contributed by atoms with Gasteiger partial charge in [-0.15, -0.1) is 0 Å². The summed E-state index contributed by atoms with van der Waals surface area (Å²) in [5.74, 6) is 2.44. The van der Waals surface area contributed by atoms with Crippen LogP contribution in [0.25, 0.3) is 5.57 Å². The maximum absolute atomic E-state index is 15.1. The number of ether oxygens (including phenoxy) is 2. The van der Waals surface area contributed by atoms with Crippen molar-refractivity contribution in [3.05, 3.63) is 76.4 Å². The molecule has 9 rings (SSSR count). The van der Waals surface area contributed by atoms with Gasteiger partial charge in [-0.1, -0.05) is 84.4 Å². The number of piperazine rings is 1. The fourth-order valence-electron chi connectivity index (χ4n) is 14.6. The van der Waals surface area contributed by atoms with E-state index in [-0.39, 0.29) is 45.1 Å². The first-order chi connectivity index (χ1) is 29.1. The van der Waals surface area contributed by atoms with Crippen LogP contribution in [0.2, 0.25) is 0 Å². The van der Waals surface area contributed by atoms with E-state index in [9.17, 15) is 4.79 Å². The summed E-state index contributed by atoms with van der Waals surface area (Å²) in [6, 6.07) is 12.4. The highest BCUT2D eigenvalue weighted by atomic mass is 16.6. The predicted octanol–water partition coefficient (Wildman–Crippen LogP) is 10.7. The second-order valence-electron chi connectivity index (χ2n) is 23.5. The van der Waals surface area contributed by atoms with E-state index in [1.165, 1.54) is 28.0 Å². The minimum Gasteiger partial charge on any atom is -0.467 e. The van der Waals surface area contributed by atoms with Gasteiger partial charge in [0.15, 0.2) is 0 Å². The fourth-order valence-corrected chi connectivity index (χ4v) is 14.6. The smallest absolute Gasteiger partial charge is 0.410 e. The van der Waals surface area contributed by atoms with Crippen molar-refractivity contribution in [3.63, 3.8) is 0 Å². The SMILES string of the molecule is CC1(C)CC[C@]2(C(=O)OCc3ccccc3)CC[C@]3(C)C(=C(c4ccoc4CN4CCN(C(=O)OC(C)(C)C)CC4)CC4[C@@]5(C)Cc6c(N)n[nH]c6C(C)(C)[C@@H]5CC[C@]43C)[C@@H]2C1. The highest BCUT2D eigenvalue weighted by Crippen LogP contribution is 2.77. The monoisotopic (exact) mass is 848 g/mol. The Balaban J connectivity index is 1.15. The number of aromatic nitrogens is 2. The number of anilines is 1. The molecule has 1 amide bonds. The number of esters is 1. The molecule has 0 bridgehead atoms. The molecule has 4 fully saturated rings. The van der Waals surface area contributed by atoms with Crippen molar-refractivity contribution in [3.8, 4) is 0 Å². The van der Waals surface area contributed by atoms with Gasteiger partial charge in [-0.25, -0.2) is 4.79 Å². The van der Waals surface area contributed by atoms with Gasteiger partial charge in [0.05, 0.1) is 18.2 Å².